The third kappa shape index (κ3) is 53.1. The average molecular weight is 923 g/mol. The van der Waals surface area contributed by atoms with Crippen LogP contribution in [-0.2, 0) is 4.79 Å². The minimum Gasteiger partial charge on any atom is -0.394 e. The Morgan fingerprint density at radius 1 is 0.364 bits per heavy atom. The first-order chi connectivity index (χ1) is 32.7. The number of aliphatic hydroxyl groups excluding tert-OH is 2. The summed E-state index contributed by atoms with van der Waals surface area (Å²) in [6.07, 6.45) is 81.1. The van der Waals surface area contributed by atoms with E-state index < -0.39 is 12.1 Å². The third-order valence-corrected chi connectivity index (χ3v) is 13.5. The minimum absolute atomic E-state index is 0.0740. The van der Waals surface area contributed by atoms with Crippen molar-refractivity contribution in [3.8, 4) is 0 Å². The van der Waals surface area contributed by atoms with Gasteiger partial charge in [0.2, 0.25) is 5.91 Å². The predicted molar refractivity (Wildman–Crippen MR) is 294 cm³/mol. The maximum Gasteiger partial charge on any atom is 0.220 e. The standard InChI is InChI=1S/C62H115NO3/c1-3-5-7-9-11-13-15-17-19-21-23-25-26-27-28-29-30-31-32-33-34-35-36-38-40-42-44-46-48-50-52-54-56-58-62(66)63-60(59-64)61(65)57-55-53-51-49-47-45-43-41-39-37-24-22-20-18-16-14-12-10-8-6-4-2/h15,17,21,23,39,41,47,49,55,57,60-61,64-65H,3-14,16,18-20,22,24-38,40,42-46,48,50-54,56,58-59H2,1-2H3,(H,63,66)/b17-15-,23-21-,41-39+,49-47+,57-55+. The van der Waals surface area contributed by atoms with Crippen LogP contribution in [-0.4, -0.2) is 34.9 Å². The molecule has 4 heteroatoms. The summed E-state index contributed by atoms with van der Waals surface area (Å²) in [7, 11) is 0. The van der Waals surface area contributed by atoms with Crippen molar-refractivity contribution in [2.75, 3.05) is 6.61 Å². The number of carbonyl (C=O) groups excluding carboxylic acids is 1. The molecule has 0 aromatic rings. The van der Waals surface area contributed by atoms with Crippen LogP contribution in [0.15, 0.2) is 60.8 Å². The summed E-state index contributed by atoms with van der Waals surface area (Å²) in [6, 6.07) is -0.646. The number of aliphatic hydroxyl groups is 2. The molecule has 0 bridgehead atoms. The van der Waals surface area contributed by atoms with E-state index in [4.69, 9.17) is 0 Å². The SMILES string of the molecule is CCCCCCC/C=C\C/C=C\CCCCCCCCCCCCCCCCCCCCCCCC(=O)NC(CO)C(O)/C=C/CC/C=C/CC/C=C/CCCCCCCCCCCCC. The summed E-state index contributed by atoms with van der Waals surface area (Å²) in [5, 5.41) is 23.1. The van der Waals surface area contributed by atoms with Gasteiger partial charge in [0.25, 0.3) is 0 Å². The fourth-order valence-corrected chi connectivity index (χ4v) is 8.95. The van der Waals surface area contributed by atoms with Crippen molar-refractivity contribution >= 4 is 5.91 Å². The van der Waals surface area contributed by atoms with Crippen LogP contribution in [0.2, 0.25) is 0 Å². The fraction of sp³-hybridized carbons (Fsp3) is 0.823. The van der Waals surface area contributed by atoms with E-state index in [1.807, 2.05) is 6.08 Å². The van der Waals surface area contributed by atoms with Crippen LogP contribution in [0, 0.1) is 0 Å². The van der Waals surface area contributed by atoms with E-state index in [2.05, 4.69) is 67.8 Å². The molecule has 0 rings (SSSR count). The van der Waals surface area contributed by atoms with E-state index >= 15 is 0 Å². The predicted octanol–water partition coefficient (Wildman–Crippen LogP) is 19.6. The molecule has 0 saturated heterocycles. The zero-order valence-corrected chi connectivity index (χ0v) is 44.5. The zero-order chi connectivity index (χ0) is 47.7. The van der Waals surface area contributed by atoms with Crippen molar-refractivity contribution in [3.63, 3.8) is 0 Å². The first-order valence-corrected chi connectivity index (χ1v) is 29.5. The molecule has 2 unspecified atom stereocenters. The molecule has 1 amide bonds. The lowest BCUT2D eigenvalue weighted by atomic mass is 10.0. The second-order valence-corrected chi connectivity index (χ2v) is 20.0. The van der Waals surface area contributed by atoms with Crippen LogP contribution in [0.1, 0.15) is 309 Å². The topological polar surface area (TPSA) is 69.6 Å². The van der Waals surface area contributed by atoms with Crippen molar-refractivity contribution in [1.82, 2.24) is 5.32 Å². The Morgan fingerprint density at radius 2 is 0.636 bits per heavy atom. The Bertz CT molecular complexity index is 1090. The Kier molecular flexibility index (Phi) is 55.7. The highest BCUT2D eigenvalue weighted by atomic mass is 16.3. The molecule has 0 aliphatic carbocycles. The summed E-state index contributed by atoms with van der Waals surface area (Å²) in [4.78, 5) is 12.5. The number of amides is 1. The minimum atomic E-state index is -0.871. The monoisotopic (exact) mass is 922 g/mol. The van der Waals surface area contributed by atoms with E-state index in [1.54, 1.807) is 6.08 Å². The van der Waals surface area contributed by atoms with E-state index in [9.17, 15) is 15.0 Å². The van der Waals surface area contributed by atoms with Crippen molar-refractivity contribution in [1.29, 1.82) is 0 Å². The number of hydrogen-bond acceptors (Lipinski definition) is 3. The van der Waals surface area contributed by atoms with Crippen molar-refractivity contribution in [3.05, 3.63) is 60.8 Å². The van der Waals surface area contributed by atoms with Gasteiger partial charge in [-0.3, -0.25) is 4.79 Å². The van der Waals surface area contributed by atoms with Gasteiger partial charge in [-0.2, -0.15) is 0 Å². The Hall–Kier alpha value is -1.91. The van der Waals surface area contributed by atoms with E-state index in [0.29, 0.717) is 6.42 Å². The van der Waals surface area contributed by atoms with Crippen LogP contribution in [0.25, 0.3) is 0 Å². The number of nitrogens with one attached hydrogen (secondary N) is 1. The Morgan fingerprint density at radius 3 is 0.970 bits per heavy atom. The Labute approximate surface area is 413 Å². The molecule has 66 heavy (non-hydrogen) atoms. The van der Waals surface area contributed by atoms with Gasteiger partial charge in [0.15, 0.2) is 0 Å². The number of rotatable bonds is 54. The molecule has 0 aliphatic rings. The normalized spacial score (nSPS) is 13.2. The summed E-state index contributed by atoms with van der Waals surface area (Å²) >= 11 is 0. The molecular weight excluding hydrogens is 807 g/mol. The van der Waals surface area contributed by atoms with Gasteiger partial charge in [-0.15, -0.1) is 0 Å². The first-order valence-electron chi connectivity index (χ1n) is 29.5. The molecule has 0 aromatic heterocycles. The number of hydrogen-bond donors (Lipinski definition) is 3. The molecule has 3 N–H and O–H groups in total. The molecule has 0 aromatic carbocycles. The van der Waals surface area contributed by atoms with Crippen molar-refractivity contribution in [2.45, 2.75) is 321 Å². The van der Waals surface area contributed by atoms with Crippen LogP contribution < -0.4 is 5.32 Å². The molecule has 2 atom stereocenters. The molecule has 4 nitrogen and oxygen atoms in total. The quantitative estimate of drug-likeness (QED) is 0.0420. The molecule has 386 valence electrons. The van der Waals surface area contributed by atoms with Gasteiger partial charge in [0.1, 0.15) is 0 Å². The lowest BCUT2D eigenvalue weighted by Gasteiger charge is -2.19. The number of allylic oxidation sites excluding steroid dienone is 9. The smallest absolute Gasteiger partial charge is 0.220 e. The molecule has 0 radical (unpaired) electrons. The van der Waals surface area contributed by atoms with E-state index in [0.717, 1.165) is 44.9 Å². The zero-order valence-electron chi connectivity index (χ0n) is 44.5. The second-order valence-electron chi connectivity index (χ2n) is 20.0. The second kappa shape index (κ2) is 57.4. The largest absolute Gasteiger partial charge is 0.394 e. The molecule has 0 spiro atoms. The number of carbonyl (C=O) groups is 1. The molecular formula is C62H115NO3. The highest BCUT2D eigenvalue weighted by Crippen LogP contribution is 2.17. The third-order valence-electron chi connectivity index (χ3n) is 13.5. The van der Waals surface area contributed by atoms with Crippen molar-refractivity contribution < 1.29 is 15.0 Å². The van der Waals surface area contributed by atoms with Gasteiger partial charge in [0.05, 0.1) is 18.8 Å². The summed E-state index contributed by atoms with van der Waals surface area (Å²) in [5.74, 6) is -0.0740. The van der Waals surface area contributed by atoms with E-state index in [1.165, 1.54) is 244 Å². The summed E-state index contributed by atoms with van der Waals surface area (Å²) in [6.45, 7) is 4.30. The highest BCUT2D eigenvalue weighted by Gasteiger charge is 2.18. The summed E-state index contributed by atoms with van der Waals surface area (Å²) < 4.78 is 0. The molecule has 0 fully saturated rings. The van der Waals surface area contributed by atoms with E-state index in [-0.39, 0.29) is 12.5 Å². The maximum atomic E-state index is 12.5. The number of unbranched alkanes of at least 4 members (excludes halogenated alkanes) is 39. The van der Waals surface area contributed by atoms with Gasteiger partial charge in [-0.1, -0.05) is 286 Å². The Balaban J connectivity index is 3.50. The van der Waals surface area contributed by atoms with Gasteiger partial charge >= 0.3 is 0 Å². The highest BCUT2D eigenvalue weighted by molar-refractivity contribution is 5.76. The lowest BCUT2D eigenvalue weighted by Crippen LogP contribution is -2.45. The van der Waals surface area contributed by atoms with Crippen molar-refractivity contribution in [2.24, 2.45) is 0 Å². The van der Waals surface area contributed by atoms with Crippen LogP contribution in [0.5, 0.6) is 0 Å². The van der Waals surface area contributed by atoms with Crippen LogP contribution >= 0.6 is 0 Å². The van der Waals surface area contributed by atoms with Crippen LogP contribution in [0.3, 0.4) is 0 Å². The fourth-order valence-electron chi connectivity index (χ4n) is 8.95. The molecule has 0 heterocycles. The van der Waals surface area contributed by atoms with Gasteiger partial charge in [-0.25, -0.2) is 0 Å². The average Bonchev–Trinajstić information content (AvgIpc) is 3.32. The molecule has 0 aliphatic heterocycles. The summed E-state index contributed by atoms with van der Waals surface area (Å²) in [5.41, 5.74) is 0. The van der Waals surface area contributed by atoms with Gasteiger partial charge < -0.3 is 15.5 Å². The first kappa shape index (κ1) is 64.1. The molecule has 0 saturated carbocycles. The maximum absolute atomic E-state index is 12.5. The van der Waals surface area contributed by atoms with Gasteiger partial charge in [-0.05, 0) is 77.0 Å². The van der Waals surface area contributed by atoms with Crippen LogP contribution in [0.4, 0.5) is 0 Å². The van der Waals surface area contributed by atoms with Gasteiger partial charge in [0, 0.05) is 6.42 Å². The lowest BCUT2D eigenvalue weighted by molar-refractivity contribution is -0.123.